The summed E-state index contributed by atoms with van der Waals surface area (Å²) < 4.78 is 7.36. The number of methoxy groups -OCH3 is 1. The van der Waals surface area contributed by atoms with E-state index >= 15 is 0 Å². The number of aromatic hydroxyl groups is 1. The third-order valence-corrected chi connectivity index (χ3v) is 4.46. The fourth-order valence-corrected chi connectivity index (χ4v) is 3.10. The molecule has 24 heavy (non-hydrogen) atoms. The third-order valence-electron chi connectivity index (χ3n) is 3.06. The Labute approximate surface area is 150 Å². The molecule has 0 unspecified atom stereocenters. The molecule has 0 saturated heterocycles. The maximum Gasteiger partial charge on any atom is 0.210 e. The summed E-state index contributed by atoms with van der Waals surface area (Å²) in [5.74, 6) is 0.972. The van der Waals surface area contributed by atoms with Gasteiger partial charge in [0.1, 0.15) is 5.75 Å². The minimum atomic E-state index is 0.168. The van der Waals surface area contributed by atoms with Crippen molar-refractivity contribution in [1.29, 1.82) is 0 Å². The van der Waals surface area contributed by atoms with Crippen molar-refractivity contribution >= 4 is 41.5 Å². The van der Waals surface area contributed by atoms with Gasteiger partial charge in [0.25, 0.3) is 0 Å². The van der Waals surface area contributed by atoms with Gasteiger partial charge in [-0.05, 0) is 48.6 Å². The van der Waals surface area contributed by atoms with Gasteiger partial charge < -0.3 is 9.84 Å². The highest BCUT2D eigenvalue weighted by molar-refractivity contribution is 7.73. The summed E-state index contributed by atoms with van der Waals surface area (Å²) in [6.45, 7) is 4.15. The molecule has 0 aliphatic rings. The Morgan fingerprint density at radius 2 is 2.04 bits per heavy atom. The first-order valence-corrected chi connectivity index (χ1v) is 8.43. The Morgan fingerprint density at radius 3 is 2.71 bits per heavy atom. The maximum absolute atomic E-state index is 10.1. The number of hydrogen-bond donors (Lipinski definition) is 1. The van der Waals surface area contributed by atoms with Crippen LogP contribution in [0.1, 0.15) is 4.88 Å². The molecule has 0 bridgehead atoms. The van der Waals surface area contributed by atoms with E-state index in [2.05, 4.69) is 11.6 Å². The Balaban J connectivity index is 1.97. The molecule has 0 spiro atoms. The van der Waals surface area contributed by atoms with Gasteiger partial charge in [-0.3, -0.25) is 9.56 Å². The smallest absolute Gasteiger partial charge is 0.210 e. The lowest BCUT2D eigenvalue weighted by molar-refractivity contribution is 0.415. The molecule has 0 saturated carbocycles. The second kappa shape index (κ2) is 9.00. The van der Waals surface area contributed by atoms with Gasteiger partial charge in [-0.2, -0.15) is 0 Å². The summed E-state index contributed by atoms with van der Waals surface area (Å²) in [4.78, 5) is 5.03. The van der Waals surface area contributed by atoms with E-state index in [0.29, 0.717) is 10.5 Å². The molecule has 0 atom stereocenters. The van der Waals surface area contributed by atoms with Gasteiger partial charge >= 0.3 is 0 Å². The Hall–Kier alpha value is -2.44. The number of rotatable bonds is 7. The summed E-state index contributed by atoms with van der Waals surface area (Å²) in [6.07, 6.45) is 10.7. The standard InChI is InChI=1S/C18H18N2O2S2/c1-3-13-20-17(21)16(24-18(20)23)7-5-4-6-12-19-14-8-10-15(22-2)11-9-14/h3-12,21H,1,13H2,2H3/b6-4+,7-5+,19-12?. The molecule has 4 nitrogen and oxygen atoms in total. The summed E-state index contributed by atoms with van der Waals surface area (Å²) in [6, 6.07) is 7.49. The zero-order valence-electron chi connectivity index (χ0n) is 13.3. The first-order valence-electron chi connectivity index (χ1n) is 7.20. The lowest BCUT2D eigenvalue weighted by Crippen LogP contribution is -1.92. The lowest BCUT2D eigenvalue weighted by atomic mass is 10.3. The van der Waals surface area contributed by atoms with E-state index in [1.54, 1.807) is 24.0 Å². The molecule has 1 heterocycles. The largest absolute Gasteiger partial charge is 0.497 e. The summed E-state index contributed by atoms with van der Waals surface area (Å²) >= 11 is 6.57. The second-order valence-corrected chi connectivity index (χ2v) is 6.35. The van der Waals surface area contributed by atoms with Crippen molar-refractivity contribution in [2.75, 3.05) is 7.11 Å². The van der Waals surface area contributed by atoms with Crippen LogP contribution in [-0.2, 0) is 6.54 Å². The van der Waals surface area contributed by atoms with Crippen molar-refractivity contribution in [3.63, 3.8) is 0 Å². The number of thiazole rings is 1. The van der Waals surface area contributed by atoms with Crippen LogP contribution in [0, 0.1) is 3.95 Å². The fourth-order valence-electron chi connectivity index (χ4n) is 1.87. The van der Waals surface area contributed by atoms with Crippen LogP contribution in [0.5, 0.6) is 11.6 Å². The maximum atomic E-state index is 10.1. The van der Waals surface area contributed by atoms with Gasteiger partial charge in [0.05, 0.1) is 17.7 Å². The molecular formula is C18H18N2O2S2. The normalized spacial score (nSPS) is 11.7. The Bertz CT molecular complexity index is 828. The molecule has 0 fully saturated rings. The number of benzene rings is 1. The van der Waals surface area contributed by atoms with Crippen molar-refractivity contribution in [1.82, 2.24) is 4.57 Å². The van der Waals surface area contributed by atoms with Crippen LogP contribution in [0.3, 0.4) is 0 Å². The molecule has 0 aliphatic carbocycles. The van der Waals surface area contributed by atoms with Crippen LogP contribution in [0.2, 0.25) is 0 Å². The molecule has 1 N–H and O–H groups in total. The molecule has 124 valence electrons. The highest BCUT2D eigenvalue weighted by atomic mass is 32.1. The van der Waals surface area contributed by atoms with Gasteiger partial charge in [-0.25, -0.2) is 0 Å². The van der Waals surface area contributed by atoms with Gasteiger partial charge in [0, 0.05) is 12.8 Å². The van der Waals surface area contributed by atoms with Crippen molar-refractivity contribution in [2.24, 2.45) is 4.99 Å². The van der Waals surface area contributed by atoms with E-state index in [1.807, 2.05) is 48.6 Å². The molecule has 0 aliphatic heterocycles. The van der Waals surface area contributed by atoms with Gasteiger partial charge in [0.15, 0.2) is 3.95 Å². The average Bonchev–Trinajstić information content (AvgIpc) is 2.86. The van der Waals surface area contributed by atoms with E-state index in [9.17, 15) is 5.11 Å². The van der Waals surface area contributed by atoms with Gasteiger partial charge in [-0.15, -0.1) is 17.9 Å². The fraction of sp³-hybridized carbons (Fsp3) is 0.111. The second-order valence-electron chi connectivity index (χ2n) is 4.68. The Morgan fingerprint density at radius 1 is 1.29 bits per heavy atom. The zero-order valence-corrected chi connectivity index (χ0v) is 14.9. The molecule has 1 aromatic heterocycles. The van der Waals surface area contributed by atoms with Crippen molar-refractivity contribution in [3.05, 3.63) is 64.0 Å². The minimum absolute atomic E-state index is 0.168. The Kier molecular flexibility index (Phi) is 6.72. The van der Waals surface area contributed by atoms with Crippen molar-refractivity contribution < 1.29 is 9.84 Å². The number of aliphatic imine (C=N–C) groups is 1. The molecule has 2 aromatic rings. The van der Waals surface area contributed by atoms with E-state index in [-0.39, 0.29) is 5.88 Å². The van der Waals surface area contributed by atoms with Crippen LogP contribution in [0.4, 0.5) is 5.69 Å². The first kappa shape index (κ1) is 17.9. The third kappa shape index (κ3) is 4.78. The highest BCUT2D eigenvalue weighted by Gasteiger charge is 2.07. The minimum Gasteiger partial charge on any atom is -0.497 e. The number of aromatic nitrogens is 1. The monoisotopic (exact) mass is 358 g/mol. The van der Waals surface area contributed by atoms with Crippen LogP contribution >= 0.6 is 23.6 Å². The molecule has 2 rings (SSSR count). The van der Waals surface area contributed by atoms with Crippen LogP contribution in [0.25, 0.3) is 6.08 Å². The quantitative estimate of drug-likeness (QED) is 0.322. The van der Waals surface area contributed by atoms with Crippen LogP contribution in [0.15, 0.2) is 60.1 Å². The molecule has 6 heteroatoms. The topological polar surface area (TPSA) is 46.8 Å². The predicted octanol–water partition coefficient (Wildman–Crippen LogP) is 5.15. The lowest BCUT2D eigenvalue weighted by Gasteiger charge is -1.98. The number of hydrogen-bond acceptors (Lipinski definition) is 5. The van der Waals surface area contributed by atoms with Gasteiger partial charge in [0.2, 0.25) is 5.88 Å². The molecular weight excluding hydrogens is 340 g/mol. The summed E-state index contributed by atoms with van der Waals surface area (Å²) in [5.41, 5.74) is 0.849. The van der Waals surface area contributed by atoms with E-state index in [0.717, 1.165) is 16.3 Å². The van der Waals surface area contributed by atoms with E-state index in [4.69, 9.17) is 17.0 Å². The SMILES string of the molecule is C=CCn1c(O)c(/C=C/C=C/C=Nc2ccc(OC)cc2)sc1=S. The number of allylic oxidation sites excluding steroid dienone is 4. The van der Waals surface area contributed by atoms with Crippen molar-refractivity contribution in [2.45, 2.75) is 6.54 Å². The van der Waals surface area contributed by atoms with Crippen molar-refractivity contribution in [3.8, 4) is 11.6 Å². The van der Waals surface area contributed by atoms with E-state index < -0.39 is 0 Å². The van der Waals surface area contributed by atoms with Crippen LogP contribution < -0.4 is 4.74 Å². The summed E-state index contributed by atoms with van der Waals surface area (Å²) in [7, 11) is 1.63. The number of ether oxygens (including phenoxy) is 1. The number of nitrogens with zero attached hydrogens (tertiary/aromatic N) is 2. The molecule has 0 amide bonds. The first-order chi connectivity index (χ1) is 11.7. The highest BCUT2D eigenvalue weighted by Crippen LogP contribution is 2.27. The summed E-state index contributed by atoms with van der Waals surface area (Å²) in [5, 5.41) is 10.1. The predicted molar refractivity (Wildman–Crippen MR) is 104 cm³/mol. The average molecular weight is 358 g/mol. The van der Waals surface area contributed by atoms with Gasteiger partial charge in [-0.1, -0.05) is 18.2 Å². The zero-order chi connectivity index (χ0) is 17.4. The van der Waals surface area contributed by atoms with Crippen LogP contribution in [-0.4, -0.2) is 23.0 Å². The van der Waals surface area contributed by atoms with E-state index in [1.165, 1.54) is 11.3 Å². The molecule has 1 aromatic carbocycles. The molecule has 0 radical (unpaired) electrons.